The Balaban J connectivity index is 1.31. The summed E-state index contributed by atoms with van der Waals surface area (Å²) in [7, 11) is 0. The summed E-state index contributed by atoms with van der Waals surface area (Å²) in [6.07, 6.45) is 21.0. The highest BCUT2D eigenvalue weighted by Gasteiger charge is 2.30. The number of ether oxygens (including phenoxy) is 3. The fourth-order valence-electron chi connectivity index (χ4n) is 4.92. The molecular formula is C28H54N2O4. The number of unbranched alkanes of at least 4 members (excludes halogenated alkanes) is 14. The Labute approximate surface area is 210 Å². The average Bonchev–Trinajstić information content (AvgIpc) is 3.21. The van der Waals surface area contributed by atoms with E-state index in [0.717, 1.165) is 65.3 Å². The van der Waals surface area contributed by atoms with Crippen LogP contribution < -0.4 is 0 Å². The second-order valence-corrected chi connectivity index (χ2v) is 10.3. The highest BCUT2D eigenvalue weighted by atomic mass is 16.6. The summed E-state index contributed by atoms with van der Waals surface area (Å²) >= 11 is 0. The topological polar surface area (TPSA) is 51.2 Å². The van der Waals surface area contributed by atoms with Gasteiger partial charge in [-0.15, -0.1) is 0 Å². The molecule has 2 fully saturated rings. The van der Waals surface area contributed by atoms with E-state index in [1.807, 2.05) is 4.90 Å². The third-order valence-electron chi connectivity index (χ3n) is 7.15. The lowest BCUT2D eigenvalue weighted by Crippen LogP contribution is -2.37. The number of carbonyl (C=O) groups is 1. The van der Waals surface area contributed by atoms with Gasteiger partial charge in [0.05, 0.1) is 26.4 Å². The molecule has 2 saturated heterocycles. The number of hydrogen-bond donors (Lipinski definition) is 0. The van der Waals surface area contributed by atoms with Crippen LogP contribution in [0, 0.1) is 0 Å². The van der Waals surface area contributed by atoms with Gasteiger partial charge in [0.2, 0.25) is 0 Å². The van der Waals surface area contributed by atoms with Gasteiger partial charge in [0.1, 0.15) is 6.10 Å². The summed E-state index contributed by atoms with van der Waals surface area (Å²) in [5.41, 5.74) is 0. The summed E-state index contributed by atoms with van der Waals surface area (Å²) in [5, 5.41) is 0. The smallest absolute Gasteiger partial charge is 0.410 e. The second-order valence-electron chi connectivity index (χ2n) is 10.3. The van der Waals surface area contributed by atoms with Gasteiger partial charge in [0.15, 0.2) is 0 Å². The number of carbonyl (C=O) groups excluding carboxylic acids is 1. The number of hydrogen-bond acceptors (Lipinski definition) is 5. The first kappa shape index (κ1) is 29.4. The molecule has 2 heterocycles. The van der Waals surface area contributed by atoms with E-state index in [2.05, 4.69) is 11.8 Å². The molecule has 0 aromatic rings. The van der Waals surface area contributed by atoms with Crippen LogP contribution in [0.25, 0.3) is 0 Å². The second kappa shape index (κ2) is 20.4. The summed E-state index contributed by atoms with van der Waals surface area (Å²) in [6.45, 7) is 9.92. The lowest BCUT2D eigenvalue weighted by atomic mass is 10.0. The summed E-state index contributed by atoms with van der Waals surface area (Å²) in [6, 6.07) is 0. The van der Waals surface area contributed by atoms with Crippen LogP contribution in [0.3, 0.4) is 0 Å². The molecule has 1 atom stereocenters. The van der Waals surface area contributed by atoms with Crippen molar-refractivity contribution in [1.29, 1.82) is 0 Å². The molecule has 1 amide bonds. The maximum Gasteiger partial charge on any atom is 0.410 e. The standard InChI is InChI=1S/C28H54N2O4/c1-2-3-4-5-6-7-8-9-10-11-12-13-14-17-22-33-26-27-25-30(28(31)34-27)19-16-15-18-29-20-23-32-24-21-29/h27H,2-26H2,1H3. The number of cyclic esters (lactones) is 1. The van der Waals surface area contributed by atoms with Gasteiger partial charge >= 0.3 is 6.09 Å². The van der Waals surface area contributed by atoms with Crippen LogP contribution in [-0.4, -0.2) is 81.1 Å². The van der Waals surface area contributed by atoms with Crippen molar-refractivity contribution in [3.05, 3.63) is 0 Å². The largest absolute Gasteiger partial charge is 0.442 e. The van der Waals surface area contributed by atoms with E-state index in [4.69, 9.17) is 14.2 Å². The van der Waals surface area contributed by atoms with E-state index in [0.29, 0.717) is 13.2 Å². The number of amides is 1. The molecule has 6 nitrogen and oxygen atoms in total. The van der Waals surface area contributed by atoms with Gasteiger partial charge in [-0.3, -0.25) is 4.90 Å². The molecule has 2 aliphatic rings. The zero-order chi connectivity index (χ0) is 24.1. The molecule has 34 heavy (non-hydrogen) atoms. The molecule has 0 aromatic carbocycles. The van der Waals surface area contributed by atoms with E-state index in [9.17, 15) is 4.79 Å². The fraction of sp³-hybridized carbons (Fsp3) is 0.964. The summed E-state index contributed by atoms with van der Waals surface area (Å²) < 4.78 is 16.7. The minimum Gasteiger partial charge on any atom is -0.442 e. The van der Waals surface area contributed by atoms with Crippen LogP contribution in [0.1, 0.15) is 110 Å². The van der Waals surface area contributed by atoms with E-state index in [-0.39, 0.29) is 12.2 Å². The SMILES string of the molecule is CCCCCCCCCCCCCCCCOCC1CN(CCCCN2CCOCC2)C(=O)O1. The third-order valence-corrected chi connectivity index (χ3v) is 7.15. The maximum atomic E-state index is 12.1. The Morgan fingerprint density at radius 2 is 1.32 bits per heavy atom. The Morgan fingerprint density at radius 3 is 1.94 bits per heavy atom. The van der Waals surface area contributed by atoms with Gasteiger partial charge in [-0.2, -0.15) is 0 Å². The average molecular weight is 483 g/mol. The third kappa shape index (κ3) is 14.5. The van der Waals surface area contributed by atoms with Crippen molar-refractivity contribution in [2.45, 2.75) is 116 Å². The molecular weight excluding hydrogens is 428 g/mol. The Hall–Kier alpha value is -0.850. The summed E-state index contributed by atoms with van der Waals surface area (Å²) in [5.74, 6) is 0. The van der Waals surface area contributed by atoms with E-state index in [1.54, 1.807) is 0 Å². The minimum atomic E-state index is -0.170. The van der Waals surface area contributed by atoms with Crippen LogP contribution in [-0.2, 0) is 14.2 Å². The molecule has 2 aliphatic heterocycles. The lowest BCUT2D eigenvalue weighted by molar-refractivity contribution is 0.0370. The van der Waals surface area contributed by atoms with Crippen molar-refractivity contribution in [1.82, 2.24) is 9.80 Å². The minimum absolute atomic E-state index is 0.0987. The molecule has 0 spiro atoms. The van der Waals surface area contributed by atoms with Gasteiger partial charge in [-0.1, -0.05) is 90.4 Å². The normalized spacial score (nSPS) is 19.1. The molecule has 0 saturated carbocycles. The first-order valence-electron chi connectivity index (χ1n) is 14.6. The zero-order valence-corrected chi connectivity index (χ0v) is 22.3. The van der Waals surface area contributed by atoms with Gasteiger partial charge < -0.3 is 19.1 Å². The predicted octanol–water partition coefficient (Wildman–Crippen LogP) is 6.42. The number of morpholine rings is 1. The maximum absolute atomic E-state index is 12.1. The molecule has 2 rings (SSSR count). The number of nitrogens with zero attached hydrogens (tertiary/aromatic N) is 2. The van der Waals surface area contributed by atoms with Crippen LogP contribution >= 0.6 is 0 Å². The molecule has 0 bridgehead atoms. The molecule has 0 radical (unpaired) electrons. The first-order chi connectivity index (χ1) is 16.8. The summed E-state index contributed by atoms with van der Waals surface area (Å²) in [4.78, 5) is 16.4. The Morgan fingerprint density at radius 1 is 0.765 bits per heavy atom. The Bertz CT molecular complexity index is 485. The van der Waals surface area contributed by atoms with Crippen LogP contribution in [0.2, 0.25) is 0 Å². The van der Waals surface area contributed by atoms with Crippen LogP contribution in [0.4, 0.5) is 4.79 Å². The molecule has 200 valence electrons. The fourth-order valence-corrected chi connectivity index (χ4v) is 4.92. The van der Waals surface area contributed by atoms with E-state index in [1.165, 1.54) is 83.5 Å². The molecule has 0 N–H and O–H groups in total. The Kier molecular flexibility index (Phi) is 17.6. The lowest BCUT2D eigenvalue weighted by Gasteiger charge is -2.26. The highest BCUT2D eigenvalue weighted by molar-refractivity contribution is 5.69. The van der Waals surface area contributed by atoms with Crippen molar-refractivity contribution >= 4 is 6.09 Å². The molecule has 0 aliphatic carbocycles. The highest BCUT2D eigenvalue weighted by Crippen LogP contribution is 2.15. The zero-order valence-electron chi connectivity index (χ0n) is 22.3. The van der Waals surface area contributed by atoms with E-state index < -0.39 is 0 Å². The monoisotopic (exact) mass is 482 g/mol. The van der Waals surface area contributed by atoms with Gasteiger partial charge in [-0.25, -0.2) is 4.79 Å². The van der Waals surface area contributed by atoms with Crippen LogP contribution in [0.5, 0.6) is 0 Å². The molecule has 1 unspecified atom stereocenters. The van der Waals surface area contributed by atoms with Crippen molar-refractivity contribution in [2.75, 3.05) is 59.2 Å². The molecule has 6 heteroatoms. The predicted molar refractivity (Wildman–Crippen MR) is 139 cm³/mol. The van der Waals surface area contributed by atoms with Crippen molar-refractivity contribution in [3.63, 3.8) is 0 Å². The van der Waals surface area contributed by atoms with Crippen molar-refractivity contribution in [3.8, 4) is 0 Å². The van der Waals surface area contributed by atoms with Crippen LogP contribution in [0.15, 0.2) is 0 Å². The van der Waals surface area contributed by atoms with Gasteiger partial charge in [0, 0.05) is 26.2 Å². The molecule has 0 aromatic heterocycles. The van der Waals surface area contributed by atoms with Gasteiger partial charge in [0.25, 0.3) is 0 Å². The van der Waals surface area contributed by atoms with Crippen molar-refractivity contribution in [2.24, 2.45) is 0 Å². The van der Waals surface area contributed by atoms with Crippen molar-refractivity contribution < 1.29 is 19.0 Å². The quantitative estimate of drug-likeness (QED) is 0.167. The first-order valence-corrected chi connectivity index (χ1v) is 14.6. The number of rotatable bonds is 22. The van der Waals surface area contributed by atoms with E-state index >= 15 is 0 Å². The van der Waals surface area contributed by atoms with Gasteiger partial charge in [-0.05, 0) is 25.8 Å².